The molecule has 0 atom stereocenters. The monoisotopic (exact) mass is 437 g/mol. The van der Waals surface area contributed by atoms with Crippen LogP contribution in [0.2, 0.25) is 0 Å². The molecule has 3 aromatic rings. The van der Waals surface area contributed by atoms with E-state index in [2.05, 4.69) is 50.7 Å². The number of ether oxygens (including phenoxy) is 2. The number of aromatic amines is 1. The molecule has 5 heteroatoms. The number of nitrogens with one attached hydrogen (secondary N) is 1. The van der Waals surface area contributed by atoms with Crippen molar-refractivity contribution in [3.05, 3.63) is 56.1 Å². The van der Waals surface area contributed by atoms with Crippen LogP contribution in [0.25, 0.3) is 10.9 Å². The topological polar surface area (TPSA) is 34.2 Å². The van der Waals surface area contributed by atoms with Crippen LogP contribution >= 0.6 is 31.9 Å². The molecule has 0 saturated carbocycles. The van der Waals surface area contributed by atoms with Gasteiger partial charge >= 0.3 is 0 Å². The van der Waals surface area contributed by atoms with E-state index in [1.807, 2.05) is 30.3 Å². The SMILES string of the molecule is COc1ccc(COc2cc(Br)c3c(C)c(C)[nH]c3c2Br)cc1. The summed E-state index contributed by atoms with van der Waals surface area (Å²) in [6.45, 7) is 4.69. The molecule has 1 N–H and O–H groups in total. The highest BCUT2D eigenvalue weighted by Crippen LogP contribution is 2.40. The molecule has 0 aliphatic rings. The Kier molecular flexibility index (Phi) is 4.69. The lowest BCUT2D eigenvalue weighted by atomic mass is 10.1. The van der Waals surface area contributed by atoms with Gasteiger partial charge in [-0.3, -0.25) is 0 Å². The van der Waals surface area contributed by atoms with E-state index in [1.165, 1.54) is 10.9 Å². The Labute approximate surface area is 152 Å². The Morgan fingerprint density at radius 2 is 1.78 bits per heavy atom. The first-order chi connectivity index (χ1) is 11.0. The van der Waals surface area contributed by atoms with Crippen LogP contribution in [0.1, 0.15) is 16.8 Å². The standard InChI is InChI=1S/C18H17Br2NO2/c1-10-11(2)21-18-16(10)14(19)8-15(17(18)20)23-9-12-4-6-13(22-3)7-5-12/h4-8,21H,9H2,1-3H3. The zero-order chi connectivity index (χ0) is 16.6. The fourth-order valence-corrected chi connectivity index (χ4v) is 3.77. The average Bonchev–Trinajstić information content (AvgIpc) is 2.86. The second-order valence-electron chi connectivity index (χ2n) is 5.43. The summed E-state index contributed by atoms with van der Waals surface area (Å²) in [5.41, 5.74) is 4.55. The smallest absolute Gasteiger partial charge is 0.137 e. The normalized spacial score (nSPS) is 11.0. The Balaban J connectivity index is 1.89. The molecule has 0 bridgehead atoms. The molecule has 120 valence electrons. The van der Waals surface area contributed by atoms with Gasteiger partial charge in [0, 0.05) is 15.6 Å². The number of methoxy groups -OCH3 is 1. The largest absolute Gasteiger partial charge is 0.497 e. The predicted octanol–water partition coefficient (Wildman–Crippen LogP) is 5.90. The molecule has 0 aliphatic carbocycles. The van der Waals surface area contributed by atoms with Crippen molar-refractivity contribution >= 4 is 42.8 Å². The van der Waals surface area contributed by atoms with Crippen molar-refractivity contribution in [3.63, 3.8) is 0 Å². The molecular weight excluding hydrogens is 422 g/mol. The number of H-pyrrole nitrogens is 1. The van der Waals surface area contributed by atoms with E-state index in [0.29, 0.717) is 6.61 Å². The van der Waals surface area contributed by atoms with Gasteiger partial charge in [-0.2, -0.15) is 0 Å². The minimum atomic E-state index is 0.499. The molecule has 0 amide bonds. The molecule has 1 heterocycles. The zero-order valence-electron chi connectivity index (χ0n) is 13.2. The van der Waals surface area contributed by atoms with Gasteiger partial charge < -0.3 is 14.5 Å². The van der Waals surface area contributed by atoms with Crippen molar-refractivity contribution in [1.82, 2.24) is 4.98 Å². The van der Waals surface area contributed by atoms with E-state index in [-0.39, 0.29) is 0 Å². The van der Waals surface area contributed by atoms with Gasteiger partial charge in [0.1, 0.15) is 18.1 Å². The lowest BCUT2D eigenvalue weighted by molar-refractivity contribution is 0.304. The summed E-state index contributed by atoms with van der Waals surface area (Å²) in [4.78, 5) is 3.42. The number of hydrogen-bond donors (Lipinski definition) is 1. The molecule has 0 saturated heterocycles. The molecule has 2 aromatic carbocycles. The van der Waals surface area contributed by atoms with Crippen molar-refractivity contribution in [3.8, 4) is 11.5 Å². The number of fused-ring (bicyclic) bond motifs is 1. The second kappa shape index (κ2) is 6.57. The molecule has 0 fully saturated rings. The van der Waals surface area contributed by atoms with Crippen molar-refractivity contribution < 1.29 is 9.47 Å². The molecule has 0 aliphatic heterocycles. The number of aromatic nitrogens is 1. The van der Waals surface area contributed by atoms with E-state index in [9.17, 15) is 0 Å². The summed E-state index contributed by atoms with van der Waals surface area (Å²) >= 11 is 7.32. The molecule has 0 spiro atoms. The van der Waals surface area contributed by atoms with Crippen LogP contribution < -0.4 is 9.47 Å². The lowest BCUT2D eigenvalue weighted by Gasteiger charge is -2.11. The maximum atomic E-state index is 6.00. The Morgan fingerprint density at radius 1 is 1.09 bits per heavy atom. The maximum Gasteiger partial charge on any atom is 0.137 e. The van der Waals surface area contributed by atoms with Gasteiger partial charge in [0.2, 0.25) is 0 Å². The molecule has 3 nitrogen and oxygen atoms in total. The zero-order valence-corrected chi connectivity index (χ0v) is 16.3. The second-order valence-corrected chi connectivity index (χ2v) is 7.08. The first kappa shape index (κ1) is 16.4. The van der Waals surface area contributed by atoms with Gasteiger partial charge in [-0.05, 0) is 75.0 Å². The van der Waals surface area contributed by atoms with E-state index >= 15 is 0 Å². The van der Waals surface area contributed by atoms with Crippen LogP contribution in [-0.4, -0.2) is 12.1 Å². The minimum absolute atomic E-state index is 0.499. The van der Waals surface area contributed by atoms with Crippen LogP contribution in [0.5, 0.6) is 11.5 Å². The molecule has 23 heavy (non-hydrogen) atoms. The van der Waals surface area contributed by atoms with Crippen molar-refractivity contribution in [2.75, 3.05) is 7.11 Å². The van der Waals surface area contributed by atoms with Gasteiger partial charge in [0.25, 0.3) is 0 Å². The molecule has 0 unspecified atom stereocenters. The van der Waals surface area contributed by atoms with Gasteiger partial charge in [-0.25, -0.2) is 0 Å². The van der Waals surface area contributed by atoms with Crippen LogP contribution in [0, 0.1) is 13.8 Å². The Morgan fingerprint density at radius 3 is 2.43 bits per heavy atom. The van der Waals surface area contributed by atoms with Crippen LogP contribution in [0.15, 0.2) is 39.3 Å². The Hall–Kier alpha value is -1.46. The molecule has 1 aromatic heterocycles. The van der Waals surface area contributed by atoms with Crippen LogP contribution in [0.4, 0.5) is 0 Å². The van der Waals surface area contributed by atoms with E-state index < -0.39 is 0 Å². The fourth-order valence-electron chi connectivity index (χ4n) is 2.54. The number of aryl methyl sites for hydroxylation is 2. The van der Waals surface area contributed by atoms with E-state index in [1.54, 1.807) is 7.11 Å². The summed E-state index contributed by atoms with van der Waals surface area (Å²) in [5, 5.41) is 1.19. The van der Waals surface area contributed by atoms with E-state index in [0.717, 1.165) is 37.2 Å². The van der Waals surface area contributed by atoms with Gasteiger partial charge in [0.15, 0.2) is 0 Å². The maximum absolute atomic E-state index is 6.00. The lowest BCUT2D eigenvalue weighted by Crippen LogP contribution is -1.97. The summed E-state index contributed by atoms with van der Waals surface area (Å²) in [6, 6.07) is 9.89. The Bertz CT molecular complexity index is 854. The number of hydrogen-bond acceptors (Lipinski definition) is 2. The van der Waals surface area contributed by atoms with Crippen molar-refractivity contribution in [1.29, 1.82) is 0 Å². The molecule has 0 radical (unpaired) electrons. The van der Waals surface area contributed by atoms with E-state index in [4.69, 9.17) is 9.47 Å². The van der Waals surface area contributed by atoms with Gasteiger partial charge in [-0.1, -0.05) is 12.1 Å². The third-order valence-corrected chi connectivity index (χ3v) is 5.40. The highest BCUT2D eigenvalue weighted by atomic mass is 79.9. The van der Waals surface area contributed by atoms with Crippen LogP contribution in [0.3, 0.4) is 0 Å². The first-order valence-electron chi connectivity index (χ1n) is 7.24. The molecule has 3 rings (SSSR count). The summed E-state index contributed by atoms with van der Waals surface area (Å²) < 4.78 is 13.1. The summed E-state index contributed by atoms with van der Waals surface area (Å²) in [6.07, 6.45) is 0. The highest BCUT2D eigenvalue weighted by molar-refractivity contribution is 9.11. The summed E-state index contributed by atoms with van der Waals surface area (Å²) in [7, 11) is 1.66. The predicted molar refractivity (Wildman–Crippen MR) is 100 cm³/mol. The van der Waals surface area contributed by atoms with Crippen molar-refractivity contribution in [2.45, 2.75) is 20.5 Å². The fraction of sp³-hybridized carbons (Fsp3) is 0.222. The van der Waals surface area contributed by atoms with Gasteiger partial charge in [0.05, 0.1) is 17.1 Å². The number of halogens is 2. The minimum Gasteiger partial charge on any atom is -0.497 e. The number of rotatable bonds is 4. The highest BCUT2D eigenvalue weighted by Gasteiger charge is 2.15. The van der Waals surface area contributed by atoms with Gasteiger partial charge in [-0.15, -0.1) is 0 Å². The quantitative estimate of drug-likeness (QED) is 0.550. The molecular formula is C18H17Br2NO2. The average molecular weight is 439 g/mol. The third-order valence-electron chi connectivity index (χ3n) is 3.99. The third kappa shape index (κ3) is 3.12. The van der Waals surface area contributed by atoms with Crippen molar-refractivity contribution in [2.24, 2.45) is 0 Å². The number of benzene rings is 2. The summed E-state index contributed by atoms with van der Waals surface area (Å²) in [5.74, 6) is 1.65. The van der Waals surface area contributed by atoms with Crippen LogP contribution in [-0.2, 0) is 6.61 Å². The first-order valence-corrected chi connectivity index (χ1v) is 8.82.